The monoisotopic (exact) mass is 284 g/mol. The van der Waals surface area contributed by atoms with E-state index in [9.17, 15) is 5.11 Å². The molecule has 0 spiro atoms. The second kappa shape index (κ2) is 6.64. The molecule has 2 aromatic rings. The minimum Gasteiger partial charge on any atom is -0.493 e. The highest BCUT2D eigenvalue weighted by Crippen LogP contribution is 2.33. The SMILES string of the molecule is O[C@H]1CCc2cc(OCCCOc3ccccc3)ccc21. The number of rotatable bonds is 6. The van der Waals surface area contributed by atoms with Gasteiger partial charge in [-0.3, -0.25) is 0 Å². The van der Waals surface area contributed by atoms with Gasteiger partial charge < -0.3 is 14.6 Å². The maximum atomic E-state index is 9.77. The fraction of sp³-hybridized carbons (Fsp3) is 0.333. The van der Waals surface area contributed by atoms with Gasteiger partial charge in [-0.15, -0.1) is 0 Å². The molecule has 0 unspecified atom stereocenters. The Kier molecular flexibility index (Phi) is 4.41. The Morgan fingerprint density at radius 3 is 2.52 bits per heavy atom. The standard InChI is InChI=1S/C18H20O3/c19-18-10-7-14-13-16(8-9-17(14)18)21-12-4-11-20-15-5-2-1-3-6-15/h1-3,5-6,8-9,13,18-19H,4,7,10-12H2/t18-/m0/s1. The van der Waals surface area contributed by atoms with Crippen LogP contribution in [-0.2, 0) is 6.42 Å². The van der Waals surface area contributed by atoms with E-state index in [4.69, 9.17) is 9.47 Å². The van der Waals surface area contributed by atoms with Crippen molar-refractivity contribution in [1.29, 1.82) is 0 Å². The number of fused-ring (bicyclic) bond motifs is 1. The van der Waals surface area contributed by atoms with Crippen molar-refractivity contribution in [2.45, 2.75) is 25.4 Å². The van der Waals surface area contributed by atoms with Crippen LogP contribution in [0.15, 0.2) is 48.5 Å². The van der Waals surface area contributed by atoms with Crippen LogP contribution in [0.25, 0.3) is 0 Å². The highest BCUT2D eigenvalue weighted by molar-refractivity contribution is 5.39. The topological polar surface area (TPSA) is 38.7 Å². The van der Waals surface area contributed by atoms with E-state index in [2.05, 4.69) is 0 Å². The largest absolute Gasteiger partial charge is 0.493 e. The first-order valence-corrected chi connectivity index (χ1v) is 7.44. The Morgan fingerprint density at radius 1 is 0.952 bits per heavy atom. The molecule has 3 nitrogen and oxygen atoms in total. The van der Waals surface area contributed by atoms with Gasteiger partial charge in [0.25, 0.3) is 0 Å². The summed E-state index contributed by atoms with van der Waals surface area (Å²) in [5, 5.41) is 9.77. The molecule has 0 amide bonds. The fourth-order valence-electron chi connectivity index (χ4n) is 2.62. The zero-order chi connectivity index (χ0) is 14.5. The van der Waals surface area contributed by atoms with Crippen LogP contribution in [0.2, 0.25) is 0 Å². The summed E-state index contributed by atoms with van der Waals surface area (Å²) in [4.78, 5) is 0. The van der Waals surface area contributed by atoms with Crippen LogP contribution in [0.5, 0.6) is 11.5 Å². The van der Waals surface area contributed by atoms with E-state index in [1.807, 2.05) is 48.5 Å². The van der Waals surface area contributed by atoms with E-state index in [0.717, 1.165) is 36.3 Å². The van der Waals surface area contributed by atoms with Crippen molar-refractivity contribution >= 4 is 0 Å². The zero-order valence-electron chi connectivity index (χ0n) is 12.0. The summed E-state index contributed by atoms with van der Waals surface area (Å²) in [7, 11) is 0. The minimum absolute atomic E-state index is 0.298. The molecule has 21 heavy (non-hydrogen) atoms. The van der Waals surface area contributed by atoms with Crippen LogP contribution < -0.4 is 9.47 Å². The van der Waals surface area contributed by atoms with E-state index < -0.39 is 0 Å². The third kappa shape index (κ3) is 3.56. The van der Waals surface area contributed by atoms with Gasteiger partial charge in [0, 0.05) is 6.42 Å². The molecule has 0 fully saturated rings. The average molecular weight is 284 g/mol. The molecule has 0 radical (unpaired) electrons. The van der Waals surface area contributed by atoms with Gasteiger partial charge in [-0.1, -0.05) is 24.3 Å². The van der Waals surface area contributed by atoms with Crippen LogP contribution in [-0.4, -0.2) is 18.3 Å². The molecule has 110 valence electrons. The molecule has 0 saturated carbocycles. The molecule has 1 aliphatic carbocycles. The van der Waals surface area contributed by atoms with Crippen LogP contribution in [0.1, 0.15) is 30.1 Å². The third-order valence-corrected chi connectivity index (χ3v) is 3.73. The van der Waals surface area contributed by atoms with Crippen LogP contribution in [0.3, 0.4) is 0 Å². The molecule has 0 bridgehead atoms. The lowest BCUT2D eigenvalue weighted by Gasteiger charge is -2.10. The van der Waals surface area contributed by atoms with Crippen molar-refractivity contribution in [3.8, 4) is 11.5 Å². The number of ether oxygens (including phenoxy) is 2. The summed E-state index contributed by atoms with van der Waals surface area (Å²) >= 11 is 0. The van der Waals surface area contributed by atoms with Gasteiger partial charge in [-0.2, -0.15) is 0 Å². The number of hydrogen-bond donors (Lipinski definition) is 1. The lowest BCUT2D eigenvalue weighted by Crippen LogP contribution is -2.05. The Hall–Kier alpha value is -2.00. The summed E-state index contributed by atoms with van der Waals surface area (Å²) in [6, 6.07) is 15.8. The molecule has 1 aliphatic rings. The van der Waals surface area contributed by atoms with Gasteiger partial charge in [0.2, 0.25) is 0 Å². The van der Waals surface area contributed by atoms with Crippen molar-refractivity contribution in [3.63, 3.8) is 0 Å². The minimum atomic E-state index is -0.298. The first-order valence-electron chi connectivity index (χ1n) is 7.44. The highest BCUT2D eigenvalue weighted by Gasteiger charge is 2.20. The lowest BCUT2D eigenvalue weighted by molar-refractivity contribution is 0.180. The predicted molar refractivity (Wildman–Crippen MR) is 81.8 cm³/mol. The van der Waals surface area contributed by atoms with E-state index in [-0.39, 0.29) is 6.10 Å². The Labute approximate surface area is 125 Å². The number of aliphatic hydroxyl groups is 1. The quantitative estimate of drug-likeness (QED) is 0.825. The molecule has 0 aromatic heterocycles. The summed E-state index contributed by atoms with van der Waals surface area (Å²) in [5.41, 5.74) is 2.26. The molecule has 2 aromatic carbocycles. The Balaban J connectivity index is 1.42. The molecule has 0 heterocycles. The van der Waals surface area contributed by atoms with E-state index in [1.54, 1.807) is 0 Å². The van der Waals surface area contributed by atoms with Crippen LogP contribution in [0.4, 0.5) is 0 Å². The van der Waals surface area contributed by atoms with Crippen molar-refractivity contribution in [1.82, 2.24) is 0 Å². The summed E-state index contributed by atoms with van der Waals surface area (Å²) < 4.78 is 11.4. The Bertz CT molecular complexity index is 580. The van der Waals surface area contributed by atoms with Crippen molar-refractivity contribution in [2.75, 3.05) is 13.2 Å². The molecular formula is C18H20O3. The Morgan fingerprint density at radius 2 is 1.71 bits per heavy atom. The lowest BCUT2D eigenvalue weighted by atomic mass is 10.1. The van der Waals surface area contributed by atoms with E-state index >= 15 is 0 Å². The second-order valence-electron chi connectivity index (χ2n) is 5.28. The third-order valence-electron chi connectivity index (χ3n) is 3.73. The van der Waals surface area contributed by atoms with Gasteiger partial charge in [0.1, 0.15) is 11.5 Å². The maximum Gasteiger partial charge on any atom is 0.119 e. The number of para-hydroxylation sites is 1. The molecular weight excluding hydrogens is 264 g/mol. The summed E-state index contributed by atoms with van der Waals surface area (Å²) in [5.74, 6) is 1.77. The number of benzene rings is 2. The molecule has 3 rings (SSSR count). The van der Waals surface area contributed by atoms with Gasteiger partial charge >= 0.3 is 0 Å². The van der Waals surface area contributed by atoms with Gasteiger partial charge in [-0.25, -0.2) is 0 Å². The molecule has 1 N–H and O–H groups in total. The first kappa shape index (κ1) is 14.0. The number of hydrogen-bond acceptors (Lipinski definition) is 3. The van der Waals surface area contributed by atoms with E-state index in [1.165, 1.54) is 5.56 Å². The van der Waals surface area contributed by atoms with E-state index in [0.29, 0.717) is 13.2 Å². The molecule has 1 atom stereocenters. The number of aryl methyl sites for hydroxylation is 1. The van der Waals surface area contributed by atoms with Gasteiger partial charge in [-0.05, 0) is 48.2 Å². The second-order valence-corrected chi connectivity index (χ2v) is 5.28. The smallest absolute Gasteiger partial charge is 0.119 e. The van der Waals surface area contributed by atoms with Gasteiger partial charge in [0.05, 0.1) is 19.3 Å². The molecule has 0 aliphatic heterocycles. The zero-order valence-corrected chi connectivity index (χ0v) is 12.0. The number of aliphatic hydroxyl groups excluding tert-OH is 1. The first-order chi connectivity index (χ1) is 10.3. The van der Waals surface area contributed by atoms with Crippen molar-refractivity contribution in [2.24, 2.45) is 0 Å². The highest BCUT2D eigenvalue weighted by atomic mass is 16.5. The molecule has 3 heteroatoms. The normalized spacial score (nSPS) is 16.5. The summed E-state index contributed by atoms with van der Waals surface area (Å²) in [6.45, 7) is 1.28. The predicted octanol–water partition coefficient (Wildman–Crippen LogP) is 3.51. The van der Waals surface area contributed by atoms with Gasteiger partial charge in [0.15, 0.2) is 0 Å². The van der Waals surface area contributed by atoms with Crippen LogP contribution >= 0.6 is 0 Å². The van der Waals surface area contributed by atoms with Crippen LogP contribution in [0, 0.1) is 0 Å². The summed E-state index contributed by atoms with van der Waals surface area (Å²) in [6.07, 6.45) is 2.30. The van der Waals surface area contributed by atoms with Crippen molar-refractivity contribution in [3.05, 3.63) is 59.7 Å². The fourth-order valence-corrected chi connectivity index (χ4v) is 2.62. The van der Waals surface area contributed by atoms with Crippen molar-refractivity contribution < 1.29 is 14.6 Å². The maximum absolute atomic E-state index is 9.77. The molecule has 0 saturated heterocycles. The average Bonchev–Trinajstić information content (AvgIpc) is 2.89.